The molecule has 98 valence electrons. The maximum atomic E-state index is 5.98. The minimum atomic E-state index is 0.875. The molecular formula is C18H11BO2. The Hall–Kier alpha value is -2.68. The second kappa shape index (κ2) is 3.70. The van der Waals surface area contributed by atoms with E-state index in [1.165, 1.54) is 10.8 Å². The first-order valence-electron chi connectivity index (χ1n) is 7.04. The van der Waals surface area contributed by atoms with E-state index in [0.717, 1.165) is 38.5 Å². The Balaban J connectivity index is 2.06. The van der Waals surface area contributed by atoms with Gasteiger partial charge in [-0.05, 0) is 18.2 Å². The van der Waals surface area contributed by atoms with Gasteiger partial charge in [-0.2, -0.15) is 0 Å². The predicted octanol–water partition coefficient (Wildman–Crippen LogP) is 3.74. The van der Waals surface area contributed by atoms with Crippen molar-refractivity contribution in [3.05, 3.63) is 54.6 Å². The molecule has 0 radical (unpaired) electrons. The van der Waals surface area contributed by atoms with Crippen molar-refractivity contribution in [3.8, 4) is 0 Å². The fourth-order valence-electron chi connectivity index (χ4n) is 3.22. The van der Waals surface area contributed by atoms with Crippen molar-refractivity contribution in [1.82, 2.24) is 0 Å². The molecule has 5 aromatic rings. The molecule has 0 aliphatic rings. The van der Waals surface area contributed by atoms with E-state index in [1.54, 1.807) is 0 Å². The zero-order valence-corrected chi connectivity index (χ0v) is 11.5. The lowest BCUT2D eigenvalue weighted by Crippen LogP contribution is -2.00. The number of hydrogen-bond acceptors (Lipinski definition) is 2. The van der Waals surface area contributed by atoms with Crippen LogP contribution in [0.2, 0.25) is 0 Å². The number of fused-ring (bicyclic) bond motifs is 6. The molecule has 0 fully saturated rings. The van der Waals surface area contributed by atoms with Gasteiger partial charge < -0.3 is 8.83 Å². The molecule has 0 saturated heterocycles. The summed E-state index contributed by atoms with van der Waals surface area (Å²) in [5, 5.41) is 4.64. The van der Waals surface area contributed by atoms with Crippen molar-refractivity contribution in [2.24, 2.45) is 0 Å². The maximum absolute atomic E-state index is 5.98. The van der Waals surface area contributed by atoms with E-state index in [0.29, 0.717) is 0 Å². The number of hydrogen-bond donors (Lipinski definition) is 0. The third-order valence-electron chi connectivity index (χ3n) is 4.20. The van der Waals surface area contributed by atoms with Crippen LogP contribution in [0.4, 0.5) is 0 Å². The zero-order chi connectivity index (χ0) is 14.0. The molecule has 2 nitrogen and oxygen atoms in total. The predicted molar refractivity (Wildman–Crippen MR) is 89.2 cm³/mol. The Labute approximate surface area is 121 Å². The van der Waals surface area contributed by atoms with Gasteiger partial charge in [0.25, 0.3) is 0 Å². The molecule has 0 bridgehead atoms. The van der Waals surface area contributed by atoms with Crippen molar-refractivity contribution in [3.63, 3.8) is 0 Å². The Morgan fingerprint density at radius 1 is 0.619 bits per heavy atom. The van der Waals surface area contributed by atoms with Crippen LogP contribution in [0.5, 0.6) is 0 Å². The molecule has 3 heteroatoms. The molecule has 0 saturated carbocycles. The molecule has 0 N–H and O–H groups in total. The number of furan rings is 2. The lowest BCUT2D eigenvalue weighted by Gasteiger charge is -1.95. The summed E-state index contributed by atoms with van der Waals surface area (Å²) in [6, 6.07) is 18.5. The highest BCUT2D eigenvalue weighted by molar-refractivity contribution is 6.41. The van der Waals surface area contributed by atoms with Crippen LogP contribution in [0.3, 0.4) is 0 Å². The molecule has 2 aromatic heterocycles. The summed E-state index contributed by atoms with van der Waals surface area (Å²) in [6.07, 6.45) is 0. The van der Waals surface area contributed by atoms with E-state index in [1.807, 2.05) is 36.4 Å². The first-order chi connectivity index (χ1) is 10.3. The first kappa shape index (κ1) is 11.0. The zero-order valence-electron chi connectivity index (χ0n) is 11.5. The van der Waals surface area contributed by atoms with Crippen LogP contribution >= 0.6 is 0 Å². The molecule has 21 heavy (non-hydrogen) atoms. The van der Waals surface area contributed by atoms with Gasteiger partial charge in [0.2, 0.25) is 0 Å². The van der Waals surface area contributed by atoms with Gasteiger partial charge in [0.15, 0.2) is 0 Å². The normalized spacial score (nSPS) is 12.0. The van der Waals surface area contributed by atoms with Crippen LogP contribution in [-0.4, -0.2) is 7.85 Å². The van der Waals surface area contributed by atoms with Crippen LogP contribution in [0.15, 0.2) is 63.4 Å². The van der Waals surface area contributed by atoms with Crippen LogP contribution in [0.1, 0.15) is 0 Å². The van der Waals surface area contributed by atoms with E-state index >= 15 is 0 Å². The smallest absolute Gasteiger partial charge is 0.140 e. The summed E-state index contributed by atoms with van der Waals surface area (Å²) in [7, 11) is 2.12. The molecule has 0 aliphatic carbocycles. The maximum Gasteiger partial charge on any atom is 0.140 e. The van der Waals surface area contributed by atoms with Gasteiger partial charge in [0.05, 0.1) is 0 Å². The highest BCUT2D eigenvalue weighted by Gasteiger charge is 2.13. The Kier molecular flexibility index (Phi) is 1.94. The van der Waals surface area contributed by atoms with Crippen molar-refractivity contribution >= 4 is 57.2 Å². The van der Waals surface area contributed by atoms with Gasteiger partial charge in [0.1, 0.15) is 30.2 Å². The van der Waals surface area contributed by atoms with Gasteiger partial charge in [-0.25, -0.2) is 0 Å². The average molecular weight is 270 g/mol. The SMILES string of the molecule is Bc1cccc2oc3cc4oc5ccccc5c4cc3c12. The Morgan fingerprint density at radius 2 is 1.38 bits per heavy atom. The lowest BCUT2D eigenvalue weighted by molar-refractivity contribution is 0.656. The summed E-state index contributed by atoms with van der Waals surface area (Å²) in [6.45, 7) is 0. The number of benzene rings is 3. The van der Waals surface area contributed by atoms with Gasteiger partial charge in [0, 0.05) is 27.6 Å². The quantitative estimate of drug-likeness (QED) is 0.401. The number of para-hydroxylation sites is 1. The Morgan fingerprint density at radius 3 is 2.33 bits per heavy atom. The molecule has 5 rings (SSSR count). The molecule has 0 amide bonds. The van der Waals surface area contributed by atoms with Crippen molar-refractivity contribution in [2.45, 2.75) is 0 Å². The topological polar surface area (TPSA) is 26.3 Å². The monoisotopic (exact) mass is 270 g/mol. The van der Waals surface area contributed by atoms with Gasteiger partial charge in [-0.1, -0.05) is 35.8 Å². The largest absolute Gasteiger partial charge is 0.456 e. The van der Waals surface area contributed by atoms with Gasteiger partial charge in [-0.15, -0.1) is 0 Å². The van der Waals surface area contributed by atoms with Crippen LogP contribution in [0, 0.1) is 0 Å². The van der Waals surface area contributed by atoms with Crippen molar-refractivity contribution < 1.29 is 8.83 Å². The fourth-order valence-corrected chi connectivity index (χ4v) is 3.22. The summed E-state index contributed by atoms with van der Waals surface area (Å²) < 4.78 is 11.9. The van der Waals surface area contributed by atoms with Crippen molar-refractivity contribution in [2.75, 3.05) is 0 Å². The van der Waals surface area contributed by atoms with E-state index < -0.39 is 0 Å². The molecule has 3 aromatic carbocycles. The summed E-state index contributed by atoms with van der Waals surface area (Å²) in [5.41, 5.74) is 4.84. The number of rotatable bonds is 0. The molecule has 0 aliphatic heterocycles. The summed E-state index contributed by atoms with van der Waals surface area (Å²) in [4.78, 5) is 0. The summed E-state index contributed by atoms with van der Waals surface area (Å²) in [5.74, 6) is 0. The minimum absolute atomic E-state index is 0.875. The van der Waals surface area contributed by atoms with Gasteiger partial charge in [-0.3, -0.25) is 0 Å². The highest BCUT2D eigenvalue weighted by Crippen LogP contribution is 2.35. The Bertz CT molecular complexity index is 1150. The third kappa shape index (κ3) is 1.38. The van der Waals surface area contributed by atoms with E-state index in [4.69, 9.17) is 8.83 Å². The molecule has 2 heterocycles. The minimum Gasteiger partial charge on any atom is -0.456 e. The molecule has 0 unspecified atom stereocenters. The van der Waals surface area contributed by atoms with E-state index in [9.17, 15) is 0 Å². The molecule has 0 atom stereocenters. The van der Waals surface area contributed by atoms with Crippen LogP contribution < -0.4 is 5.46 Å². The van der Waals surface area contributed by atoms with E-state index in [-0.39, 0.29) is 0 Å². The molecule has 0 spiro atoms. The van der Waals surface area contributed by atoms with Crippen LogP contribution in [-0.2, 0) is 0 Å². The average Bonchev–Trinajstić information content (AvgIpc) is 3.02. The van der Waals surface area contributed by atoms with Crippen molar-refractivity contribution in [1.29, 1.82) is 0 Å². The van der Waals surface area contributed by atoms with E-state index in [2.05, 4.69) is 26.0 Å². The highest BCUT2D eigenvalue weighted by atomic mass is 16.3. The second-order valence-corrected chi connectivity index (χ2v) is 5.49. The van der Waals surface area contributed by atoms with Gasteiger partial charge >= 0.3 is 0 Å². The molecular weight excluding hydrogens is 259 g/mol. The third-order valence-corrected chi connectivity index (χ3v) is 4.20. The fraction of sp³-hybridized carbons (Fsp3) is 0. The standard InChI is InChI=1S/C18H11BO2/c19-13-5-3-7-15-18(13)12-8-11-10-4-1-2-6-14(10)20-16(11)9-17(12)21-15/h1-9H,19H2. The first-order valence-corrected chi connectivity index (χ1v) is 7.04. The summed E-state index contributed by atoms with van der Waals surface area (Å²) >= 11 is 0. The second-order valence-electron chi connectivity index (χ2n) is 5.49. The van der Waals surface area contributed by atoms with Crippen LogP contribution in [0.25, 0.3) is 43.9 Å². The lowest BCUT2D eigenvalue weighted by atomic mass is 9.91.